The van der Waals surface area contributed by atoms with E-state index >= 15 is 0 Å². The van der Waals surface area contributed by atoms with Gasteiger partial charge in [-0.1, -0.05) is 18.2 Å². The molecule has 1 amide bonds. The van der Waals surface area contributed by atoms with E-state index in [9.17, 15) is 4.79 Å². The fourth-order valence-electron chi connectivity index (χ4n) is 3.69. The van der Waals surface area contributed by atoms with Gasteiger partial charge in [-0.05, 0) is 64.2 Å². The van der Waals surface area contributed by atoms with Crippen LogP contribution in [0.15, 0.2) is 45.6 Å². The van der Waals surface area contributed by atoms with Gasteiger partial charge in [0.25, 0.3) is 0 Å². The molecule has 124 valence electrons. The smallest absolute Gasteiger partial charge is 0.243 e. The van der Waals surface area contributed by atoms with E-state index in [1.165, 1.54) is 10.9 Å². The molecular weight excluding hydrogens is 384 g/mol. The molecule has 3 nitrogen and oxygen atoms in total. The number of carbonyl (C=O) groups excluding carboxylic acids is 1. The molecule has 1 aliphatic rings. The van der Waals surface area contributed by atoms with Gasteiger partial charge in [-0.2, -0.15) is 11.3 Å². The number of fused-ring (bicyclic) bond motifs is 1. The average molecular weight is 403 g/mol. The minimum absolute atomic E-state index is 0.208. The fourth-order valence-corrected chi connectivity index (χ4v) is 4.95. The van der Waals surface area contributed by atoms with Crippen LogP contribution in [0.5, 0.6) is 0 Å². The Morgan fingerprint density at radius 2 is 2.17 bits per heavy atom. The number of carbonyl (C=O) groups is 1. The molecule has 1 atom stereocenters. The Hall–Kier alpha value is -1.59. The Morgan fingerprint density at radius 1 is 1.33 bits per heavy atom. The summed E-state index contributed by atoms with van der Waals surface area (Å²) in [6.07, 6.45) is 2.15. The van der Waals surface area contributed by atoms with Crippen LogP contribution >= 0.6 is 27.3 Å². The third-order valence-electron chi connectivity index (χ3n) is 4.95. The van der Waals surface area contributed by atoms with Crippen LogP contribution < -0.4 is 0 Å². The zero-order valence-electron chi connectivity index (χ0n) is 13.5. The molecule has 0 aliphatic carbocycles. The van der Waals surface area contributed by atoms with Crippen molar-refractivity contribution in [1.82, 2.24) is 9.47 Å². The van der Waals surface area contributed by atoms with Crippen molar-refractivity contribution in [2.45, 2.75) is 32.4 Å². The van der Waals surface area contributed by atoms with Crippen LogP contribution in [0.1, 0.15) is 30.1 Å². The average Bonchev–Trinajstić information content (AvgIpc) is 3.31. The number of rotatable bonds is 3. The van der Waals surface area contributed by atoms with E-state index in [4.69, 9.17) is 0 Å². The van der Waals surface area contributed by atoms with Crippen LogP contribution in [0.4, 0.5) is 0 Å². The third kappa shape index (κ3) is 2.60. The molecule has 0 N–H and O–H groups in total. The number of nitrogens with zero attached hydrogens (tertiary/aromatic N) is 2. The fraction of sp³-hybridized carbons (Fsp3) is 0.316. The summed E-state index contributed by atoms with van der Waals surface area (Å²) in [5, 5.41) is 5.43. The van der Waals surface area contributed by atoms with Gasteiger partial charge in [0.15, 0.2) is 0 Å². The first-order valence-corrected chi connectivity index (χ1v) is 9.95. The van der Waals surface area contributed by atoms with Gasteiger partial charge in [-0.25, -0.2) is 0 Å². The summed E-state index contributed by atoms with van der Waals surface area (Å²) in [7, 11) is 0. The number of thiophene rings is 1. The number of aromatic nitrogens is 1. The lowest BCUT2D eigenvalue weighted by Gasteiger charge is -2.25. The monoisotopic (exact) mass is 402 g/mol. The number of hydrogen-bond donors (Lipinski definition) is 0. The lowest BCUT2D eigenvalue weighted by atomic mass is 10.1. The summed E-state index contributed by atoms with van der Waals surface area (Å²) in [5.74, 6) is 0.208. The molecule has 3 heterocycles. The maximum Gasteiger partial charge on any atom is 0.243 e. The highest BCUT2D eigenvalue weighted by Crippen LogP contribution is 2.34. The lowest BCUT2D eigenvalue weighted by molar-refractivity contribution is -0.132. The van der Waals surface area contributed by atoms with Gasteiger partial charge in [-0.3, -0.25) is 4.79 Å². The molecule has 1 aromatic carbocycles. The van der Waals surface area contributed by atoms with Crippen molar-refractivity contribution in [1.29, 1.82) is 0 Å². The van der Waals surface area contributed by atoms with Crippen molar-refractivity contribution >= 4 is 44.1 Å². The molecule has 1 fully saturated rings. The number of amides is 1. The van der Waals surface area contributed by atoms with Gasteiger partial charge in [-0.15, -0.1) is 0 Å². The summed E-state index contributed by atoms with van der Waals surface area (Å²) in [6.45, 7) is 3.33. The van der Waals surface area contributed by atoms with Crippen LogP contribution in [-0.4, -0.2) is 21.9 Å². The molecule has 2 aromatic heterocycles. The SMILES string of the molecule is Cc1c(Br)c2ccccc2n1CC(=O)N1CCCC1c1ccsc1. The standard InChI is InChI=1S/C19H19BrN2OS/c1-13-19(20)15-5-2-3-6-17(15)22(13)11-18(23)21-9-4-7-16(21)14-8-10-24-12-14/h2-3,5-6,8,10,12,16H,4,7,9,11H2,1H3. The molecule has 0 bridgehead atoms. The van der Waals surface area contributed by atoms with Gasteiger partial charge in [0.1, 0.15) is 6.54 Å². The van der Waals surface area contributed by atoms with Gasteiger partial charge in [0.2, 0.25) is 5.91 Å². The Kier molecular flexibility index (Phi) is 4.22. The molecule has 24 heavy (non-hydrogen) atoms. The molecule has 1 unspecified atom stereocenters. The van der Waals surface area contributed by atoms with E-state index in [2.05, 4.69) is 61.3 Å². The maximum absolute atomic E-state index is 13.0. The predicted molar refractivity (Wildman–Crippen MR) is 102 cm³/mol. The van der Waals surface area contributed by atoms with Gasteiger partial charge in [0.05, 0.1) is 6.04 Å². The second-order valence-electron chi connectivity index (χ2n) is 6.30. The predicted octanol–water partition coefficient (Wildman–Crippen LogP) is 5.14. The Balaban J connectivity index is 1.64. The molecule has 1 saturated heterocycles. The summed E-state index contributed by atoms with van der Waals surface area (Å²) in [5.41, 5.74) is 3.50. The van der Waals surface area contributed by atoms with E-state index in [0.717, 1.165) is 35.1 Å². The Morgan fingerprint density at radius 3 is 2.96 bits per heavy atom. The van der Waals surface area contributed by atoms with Crippen molar-refractivity contribution in [3.8, 4) is 0 Å². The van der Waals surface area contributed by atoms with Crippen LogP contribution in [-0.2, 0) is 11.3 Å². The van der Waals surface area contributed by atoms with Crippen molar-refractivity contribution < 1.29 is 4.79 Å². The van der Waals surface area contributed by atoms with Crippen LogP contribution in [0.2, 0.25) is 0 Å². The van der Waals surface area contributed by atoms with E-state index in [1.54, 1.807) is 11.3 Å². The highest BCUT2D eigenvalue weighted by molar-refractivity contribution is 9.10. The maximum atomic E-state index is 13.0. The number of para-hydroxylation sites is 1. The summed E-state index contributed by atoms with van der Waals surface area (Å²) in [6, 6.07) is 10.6. The number of halogens is 1. The van der Waals surface area contributed by atoms with Crippen LogP contribution in [0.3, 0.4) is 0 Å². The second-order valence-corrected chi connectivity index (χ2v) is 7.88. The zero-order chi connectivity index (χ0) is 16.7. The summed E-state index contributed by atoms with van der Waals surface area (Å²) in [4.78, 5) is 15.1. The number of hydrogen-bond acceptors (Lipinski definition) is 2. The number of benzene rings is 1. The quantitative estimate of drug-likeness (QED) is 0.595. The minimum Gasteiger partial charge on any atom is -0.334 e. The summed E-state index contributed by atoms with van der Waals surface area (Å²) >= 11 is 5.38. The van der Waals surface area contributed by atoms with Crippen LogP contribution in [0.25, 0.3) is 10.9 Å². The van der Waals surface area contributed by atoms with Crippen molar-refractivity contribution in [2.24, 2.45) is 0 Å². The third-order valence-corrected chi connectivity index (χ3v) is 6.65. The molecule has 0 saturated carbocycles. The van der Waals surface area contributed by atoms with Gasteiger partial charge in [0, 0.05) is 27.6 Å². The first-order valence-electron chi connectivity index (χ1n) is 8.21. The van der Waals surface area contributed by atoms with E-state index in [1.807, 2.05) is 12.1 Å². The number of likely N-dealkylation sites (tertiary alicyclic amines) is 1. The Bertz CT molecular complexity index is 884. The molecule has 0 spiro atoms. The summed E-state index contributed by atoms with van der Waals surface area (Å²) < 4.78 is 3.21. The molecule has 4 rings (SSSR count). The van der Waals surface area contributed by atoms with Crippen molar-refractivity contribution in [3.05, 3.63) is 56.8 Å². The normalized spacial score (nSPS) is 17.8. The van der Waals surface area contributed by atoms with Crippen molar-refractivity contribution in [3.63, 3.8) is 0 Å². The Labute approximate surface area is 154 Å². The first-order chi connectivity index (χ1) is 11.7. The molecule has 3 aromatic rings. The van der Waals surface area contributed by atoms with E-state index < -0.39 is 0 Å². The van der Waals surface area contributed by atoms with E-state index in [-0.39, 0.29) is 11.9 Å². The highest BCUT2D eigenvalue weighted by Gasteiger charge is 2.30. The van der Waals surface area contributed by atoms with Crippen LogP contribution in [0, 0.1) is 6.92 Å². The zero-order valence-corrected chi connectivity index (χ0v) is 15.9. The second kappa shape index (κ2) is 6.37. The topological polar surface area (TPSA) is 25.2 Å². The van der Waals surface area contributed by atoms with Gasteiger partial charge < -0.3 is 9.47 Å². The first kappa shape index (κ1) is 15.9. The van der Waals surface area contributed by atoms with Crippen molar-refractivity contribution in [2.75, 3.05) is 6.54 Å². The highest BCUT2D eigenvalue weighted by atomic mass is 79.9. The molecule has 5 heteroatoms. The molecule has 1 aliphatic heterocycles. The lowest BCUT2D eigenvalue weighted by Crippen LogP contribution is -2.33. The van der Waals surface area contributed by atoms with Gasteiger partial charge >= 0.3 is 0 Å². The van der Waals surface area contributed by atoms with E-state index in [0.29, 0.717) is 6.54 Å². The molecular formula is C19H19BrN2OS. The molecule has 0 radical (unpaired) electrons. The largest absolute Gasteiger partial charge is 0.334 e. The minimum atomic E-state index is 0.208.